The summed E-state index contributed by atoms with van der Waals surface area (Å²) in [6.45, 7) is 3.21. The second-order valence-electron chi connectivity index (χ2n) is 3.94. The summed E-state index contributed by atoms with van der Waals surface area (Å²) in [4.78, 5) is 16.5. The number of carboxylic acids is 1. The molecule has 1 N–H and O–H groups in total. The topological polar surface area (TPSA) is 77.2 Å². The van der Waals surface area contributed by atoms with Crippen molar-refractivity contribution in [3.05, 3.63) is 24.0 Å². The number of hydrogen-bond acceptors (Lipinski definition) is 4. The Balaban J connectivity index is 3.01. The van der Waals surface area contributed by atoms with Crippen LogP contribution in [0.15, 0.2) is 18.3 Å². The molecule has 0 radical (unpaired) electrons. The molecule has 16 heavy (non-hydrogen) atoms. The molecule has 0 atom stereocenters. The molecule has 84 valence electrons. The third-order valence-electron chi connectivity index (χ3n) is 2.61. The fourth-order valence-corrected chi connectivity index (χ4v) is 1.12. The van der Waals surface area contributed by atoms with Crippen LogP contribution in [0.1, 0.15) is 19.5 Å². The number of aromatic nitrogens is 1. The molecule has 0 aliphatic carbocycles. The summed E-state index contributed by atoms with van der Waals surface area (Å²) >= 11 is 0. The van der Waals surface area contributed by atoms with E-state index in [2.05, 4.69) is 4.98 Å². The summed E-state index contributed by atoms with van der Waals surface area (Å²) in [5.74, 6) is -0.917. The number of likely N-dealkylation sites (N-methyl/N-ethyl adjacent to an activating group) is 1. The number of aliphatic carboxylic acids is 1. The Morgan fingerprint density at radius 1 is 1.56 bits per heavy atom. The number of anilines is 1. The van der Waals surface area contributed by atoms with Gasteiger partial charge in [0, 0.05) is 7.05 Å². The fraction of sp³-hybridized carbons (Fsp3) is 0.364. The molecule has 1 heterocycles. The highest BCUT2D eigenvalue weighted by atomic mass is 16.4. The van der Waals surface area contributed by atoms with E-state index in [-0.39, 0.29) is 0 Å². The summed E-state index contributed by atoms with van der Waals surface area (Å²) in [5.41, 5.74) is -0.0489. The minimum Gasteiger partial charge on any atom is -0.480 e. The molecule has 0 saturated carbocycles. The van der Waals surface area contributed by atoms with Crippen LogP contribution in [-0.2, 0) is 4.79 Å². The molecular weight excluding hydrogens is 206 g/mol. The van der Waals surface area contributed by atoms with Gasteiger partial charge in [0.1, 0.15) is 17.3 Å². The van der Waals surface area contributed by atoms with Gasteiger partial charge in [0.15, 0.2) is 0 Å². The van der Waals surface area contributed by atoms with Crippen LogP contribution in [-0.4, -0.2) is 28.6 Å². The number of nitriles is 1. The fourth-order valence-electron chi connectivity index (χ4n) is 1.12. The zero-order valence-electron chi connectivity index (χ0n) is 9.43. The van der Waals surface area contributed by atoms with Crippen molar-refractivity contribution in [3.63, 3.8) is 0 Å². The number of hydrogen-bond donors (Lipinski definition) is 1. The van der Waals surface area contributed by atoms with Gasteiger partial charge in [0.2, 0.25) is 0 Å². The normalized spacial score (nSPS) is 10.6. The number of pyridine rings is 1. The number of carbonyl (C=O) groups is 1. The second kappa shape index (κ2) is 4.19. The lowest BCUT2D eigenvalue weighted by Gasteiger charge is -2.33. The van der Waals surface area contributed by atoms with E-state index in [1.807, 2.05) is 6.07 Å². The van der Waals surface area contributed by atoms with E-state index in [0.717, 1.165) is 0 Å². The van der Waals surface area contributed by atoms with Gasteiger partial charge in [-0.25, -0.2) is 9.78 Å². The molecule has 5 nitrogen and oxygen atoms in total. The Morgan fingerprint density at radius 2 is 2.19 bits per heavy atom. The Morgan fingerprint density at radius 3 is 2.56 bits per heavy atom. The summed E-state index contributed by atoms with van der Waals surface area (Å²) in [6, 6.07) is 5.14. The van der Waals surface area contributed by atoms with Crippen molar-refractivity contribution in [1.29, 1.82) is 5.26 Å². The first-order valence-corrected chi connectivity index (χ1v) is 4.73. The molecule has 0 fully saturated rings. The van der Waals surface area contributed by atoms with Gasteiger partial charge in [-0.15, -0.1) is 0 Å². The molecule has 0 bridgehead atoms. The molecule has 0 saturated heterocycles. The van der Waals surface area contributed by atoms with E-state index >= 15 is 0 Å². The zero-order chi connectivity index (χ0) is 12.3. The van der Waals surface area contributed by atoms with Crippen LogP contribution in [0.25, 0.3) is 0 Å². The minimum atomic E-state index is -1.02. The van der Waals surface area contributed by atoms with Crippen molar-refractivity contribution >= 4 is 11.7 Å². The van der Waals surface area contributed by atoms with Crippen LogP contribution in [0.3, 0.4) is 0 Å². The van der Waals surface area contributed by atoms with Crippen LogP contribution < -0.4 is 4.90 Å². The Bertz CT molecular complexity index is 432. The number of rotatable bonds is 3. The summed E-state index contributed by atoms with van der Waals surface area (Å²) in [7, 11) is 1.68. The van der Waals surface area contributed by atoms with Gasteiger partial charge in [0.25, 0.3) is 0 Å². The van der Waals surface area contributed by atoms with Gasteiger partial charge in [-0.1, -0.05) is 0 Å². The van der Waals surface area contributed by atoms with Gasteiger partial charge in [-0.05, 0) is 26.0 Å². The maximum absolute atomic E-state index is 11.0. The second-order valence-corrected chi connectivity index (χ2v) is 3.94. The quantitative estimate of drug-likeness (QED) is 0.827. The molecule has 0 aromatic carbocycles. The first kappa shape index (κ1) is 12.0. The lowest BCUT2D eigenvalue weighted by atomic mass is 10.0. The highest BCUT2D eigenvalue weighted by molar-refractivity contribution is 5.82. The maximum atomic E-state index is 11.0. The van der Waals surface area contributed by atoms with Gasteiger partial charge >= 0.3 is 5.97 Å². The van der Waals surface area contributed by atoms with E-state index in [9.17, 15) is 4.79 Å². The van der Waals surface area contributed by atoms with Crippen molar-refractivity contribution in [2.24, 2.45) is 0 Å². The van der Waals surface area contributed by atoms with E-state index in [1.165, 1.54) is 6.20 Å². The molecule has 1 aromatic rings. The molecular formula is C11H13N3O2. The van der Waals surface area contributed by atoms with Crippen molar-refractivity contribution < 1.29 is 9.90 Å². The summed E-state index contributed by atoms with van der Waals surface area (Å²) in [6.07, 6.45) is 1.49. The van der Waals surface area contributed by atoms with Gasteiger partial charge in [0.05, 0.1) is 11.9 Å². The lowest BCUT2D eigenvalue weighted by molar-refractivity contribution is -0.142. The Hall–Kier alpha value is -2.09. The average Bonchev–Trinajstić information content (AvgIpc) is 2.28. The SMILES string of the molecule is CN(c1ccc(C#N)nc1)C(C)(C)C(=O)O. The molecule has 0 aliphatic heterocycles. The standard InChI is InChI=1S/C11H13N3O2/c1-11(2,10(15)16)14(3)9-5-4-8(6-12)13-7-9/h4-5,7H,1-3H3,(H,15,16). The van der Waals surface area contributed by atoms with Crippen LogP contribution in [0.5, 0.6) is 0 Å². The highest BCUT2D eigenvalue weighted by Gasteiger charge is 2.32. The third-order valence-corrected chi connectivity index (χ3v) is 2.61. The smallest absolute Gasteiger partial charge is 0.328 e. The van der Waals surface area contributed by atoms with Gasteiger partial charge in [-0.3, -0.25) is 0 Å². The molecule has 5 heteroatoms. The van der Waals surface area contributed by atoms with Gasteiger partial charge < -0.3 is 10.0 Å². The van der Waals surface area contributed by atoms with E-state index in [1.54, 1.807) is 37.9 Å². The predicted octanol–water partition coefficient (Wildman–Crippen LogP) is 1.25. The predicted molar refractivity (Wildman–Crippen MR) is 59.1 cm³/mol. The number of nitrogens with zero attached hydrogens (tertiary/aromatic N) is 3. The molecule has 0 amide bonds. The molecule has 1 aromatic heterocycles. The van der Waals surface area contributed by atoms with Crippen molar-refractivity contribution in [2.75, 3.05) is 11.9 Å². The average molecular weight is 219 g/mol. The molecule has 0 spiro atoms. The summed E-state index contributed by atoms with van der Waals surface area (Å²) in [5, 5.41) is 17.7. The third kappa shape index (κ3) is 2.11. The van der Waals surface area contributed by atoms with Crippen LogP contribution in [0.4, 0.5) is 5.69 Å². The van der Waals surface area contributed by atoms with Crippen molar-refractivity contribution in [2.45, 2.75) is 19.4 Å². The van der Waals surface area contributed by atoms with E-state index in [0.29, 0.717) is 11.4 Å². The van der Waals surface area contributed by atoms with Crippen LogP contribution in [0.2, 0.25) is 0 Å². The van der Waals surface area contributed by atoms with Crippen LogP contribution >= 0.6 is 0 Å². The maximum Gasteiger partial charge on any atom is 0.328 e. The lowest BCUT2D eigenvalue weighted by Crippen LogP contribution is -2.48. The summed E-state index contributed by atoms with van der Waals surface area (Å²) < 4.78 is 0. The monoisotopic (exact) mass is 219 g/mol. The molecule has 0 unspecified atom stereocenters. The Labute approximate surface area is 93.9 Å². The van der Waals surface area contributed by atoms with Crippen LogP contribution in [0, 0.1) is 11.3 Å². The first-order chi connectivity index (χ1) is 7.39. The molecule has 0 aliphatic rings. The highest BCUT2D eigenvalue weighted by Crippen LogP contribution is 2.21. The Kier molecular flexibility index (Phi) is 3.14. The minimum absolute atomic E-state index is 0.310. The van der Waals surface area contributed by atoms with E-state index < -0.39 is 11.5 Å². The van der Waals surface area contributed by atoms with Crippen molar-refractivity contribution in [1.82, 2.24) is 4.98 Å². The van der Waals surface area contributed by atoms with E-state index in [4.69, 9.17) is 10.4 Å². The zero-order valence-corrected chi connectivity index (χ0v) is 9.43. The first-order valence-electron chi connectivity index (χ1n) is 4.73. The van der Waals surface area contributed by atoms with Crippen molar-refractivity contribution in [3.8, 4) is 6.07 Å². The molecule has 1 rings (SSSR count). The largest absolute Gasteiger partial charge is 0.480 e. The number of carboxylic acid groups (broad SMARTS) is 1. The van der Waals surface area contributed by atoms with Gasteiger partial charge in [-0.2, -0.15) is 5.26 Å².